The highest BCUT2D eigenvalue weighted by Crippen LogP contribution is 2.43. The number of rotatable bonds is 4. The summed E-state index contributed by atoms with van der Waals surface area (Å²) in [6, 6.07) is 5.05. The first-order valence-corrected chi connectivity index (χ1v) is 6.16. The average Bonchev–Trinajstić information content (AvgIpc) is 2.75. The van der Waals surface area contributed by atoms with Crippen LogP contribution in [0, 0.1) is 0 Å². The van der Waals surface area contributed by atoms with Gasteiger partial charge in [-0.15, -0.1) is 0 Å². The summed E-state index contributed by atoms with van der Waals surface area (Å²) in [7, 11) is 1.57. The number of methoxy groups -OCH3 is 1. The van der Waals surface area contributed by atoms with Gasteiger partial charge in [-0.2, -0.15) is 0 Å². The number of nitrogen functional groups attached to an aromatic ring is 1. The Balaban J connectivity index is 2.62. The Hall–Kier alpha value is -1.88. The van der Waals surface area contributed by atoms with Crippen LogP contribution in [-0.4, -0.2) is 18.4 Å². The molecule has 6 heteroatoms. The molecule has 0 aliphatic carbocycles. The maximum absolute atomic E-state index is 6.23. The lowest BCUT2D eigenvalue weighted by Crippen LogP contribution is -2.08. The van der Waals surface area contributed by atoms with Crippen LogP contribution in [-0.2, 0) is 0 Å². The fourth-order valence-corrected chi connectivity index (χ4v) is 1.94. The van der Waals surface area contributed by atoms with Crippen LogP contribution in [0.15, 0.2) is 22.7 Å². The van der Waals surface area contributed by atoms with E-state index in [2.05, 4.69) is 5.16 Å². The Kier molecular flexibility index (Phi) is 3.85. The standard InChI is InChI=1S/C13H15ClN2O3/c1-7(2)18-13-10(17-3)5-4-8(14)12(13)9-6-11(15)19-16-9/h4-7H,15H2,1-3H3. The van der Waals surface area contributed by atoms with E-state index in [1.807, 2.05) is 13.8 Å². The highest BCUT2D eigenvalue weighted by molar-refractivity contribution is 6.33. The molecule has 0 unspecified atom stereocenters. The summed E-state index contributed by atoms with van der Waals surface area (Å²) in [4.78, 5) is 0. The second kappa shape index (κ2) is 5.40. The number of halogens is 1. The molecule has 0 amide bonds. The van der Waals surface area contributed by atoms with Crippen molar-refractivity contribution in [3.8, 4) is 22.8 Å². The van der Waals surface area contributed by atoms with Crippen molar-refractivity contribution in [2.24, 2.45) is 0 Å². The maximum atomic E-state index is 6.23. The van der Waals surface area contributed by atoms with Gasteiger partial charge in [-0.1, -0.05) is 16.8 Å². The zero-order chi connectivity index (χ0) is 14.0. The highest BCUT2D eigenvalue weighted by atomic mass is 35.5. The molecule has 2 aromatic rings. The van der Waals surface area contributed by atoms with E-state index in [0.29, 0.717) is 27.8 Å². The van der Waals surface area contributed by atoms with Crippen molar-refractivity contribution in [3.05, 3.63) is 23.2 Å². The van der Waals surface area contributed by atoms with E-state index in [0.717, 1.165) is 0 Å². The third kappa shape index (κ3) is 2.76. The minimum atomic E-state index is -0.0321. The molecular weight excluding hydrogens is 268 g/mol. The fourth-order valence-electron chi connectivity index (χ4n) is 1.70. The third-order valence-corrected chi connectivity index (χ3v) is 2.74. The van der Waals surface area contributed by atoms with Gasteiger partial charge in [0.2, 0.25) is 5.88 Å². The van der Waals surface area contributed by atoms with Crippen LogP contribution >= 0.6 is 11.6 Å². The largest absolute Gasteiger partial charge is 0.493 e. The van der Waals surface area contributed by atoms with Crippen LogP contribution < -0.4 is 15.2 Å². The van der Waals surface area contributed by atoms with Crippen molar-refractivity contribution in [1.82, 2.24) is 5.16 Å². The number of aromatic nitrogens is 1. The van der Waals surface area contributed by atoms with Crippen molar-refractivity contribution < 1.29 is 14.0 Å². The quantitative estimate of drug-likeness (QED) is 0.931. The van der Waals surface area contributed by atoms with E-state index in [1.54, 1.807) is 25.3 Å². The molecular formula is C13H15ClN2O3. The van der Waals surface area contributed by atoms with Crippen LogP contribution in [0.3, 0.4) is 0 Å². The molecule has 19 heavy (non-hydrogen) atoms. The molecule has 0 aliphatic rings. The lowest BCUT2D eigenvalue weighted by molar-refractivity contribution is 0.231. The number of hydrogen-bond acceptors (Lipinski definition) is 5. The minimum Gasteiger partial charge on any atom is -0.493 e. The molecule has 102 valence electrons. The molecule has 5 nitrogen and oxygen atoms in total. The molecule has 0 bridgehead atoms. The molecule has 0 aliphatic heterocycles. The second-order valence-electron chi connectivity index (χ2n) is 4.23. The monoisotopic (exact) mass is 282 g/mol. The molecule has 2 N–H and O–H groups in total. The van der Waals surface area contributed by atoms with Gasteiger partial charge in [0.1, 0.15) is 5.69 Å². The molecule has 2 rings (SSSR count). The first kappa shape index (κ1) is 13.5. The molecule has 0 spiro atoms. The van der Waals surface area contributed by atoms with Crippen molar-refractivity contribution in [2.75, 3.05) is 12.8 Å². The summed E-state index contributed by atoms with van der Waals surface area (Å²) in [6.45, 7) is 3.84. The number of benzene rings is 1. The van der Waals surface area contributed by atoms with Gasteiger partial charge in [0.15, 0.2) is 11.5 Å². The number of anilines is 1. The lowest BCUT2D eigenvalue weighted by atomic mass is 10.1. The van der Waals surface area contributed by atoms with Crippen molar-refractivity contribution >= 4 is 17.5 Å². The van der Waals surface area contributed by atoms with Gasteiger partial charge in [0.25, 0.3) is 0 Å². The molecule has 0 atom stereocenters. The van der Waals surface area contributed by atoms with Crippen LogP contribution in [0.5, 0.6) is 11.5 Å². The Morgan fingerprint density at radius 3 is 2.63 bits per heavy atom. The Labute approximate surface area is 116 Å². The highest BCUT2D eigenvalue weighted by Gasteiger charge is 2.20. The Morgan fingerprint density at radius 1 is 1.37 bits per heavy atom. The van der Waals surface area contributed by atoms with E-state index >= 15 is 0 Å². The van der Waals surface area contributed by atoms with Gasteiger partial charge in [-0.3, -0.25) is 0 Å². The Bertz CT molecular complexity index is 581. The first-order chi connectivity index (χ1) is 9.02. The van der Waals surface area contributed by atoms with Crippen molar-refractivity contribution in [2.45, 2.75) is 20.0 Å². The Morgan fingerprint density at radius 2 is 2.11 bits per heavy atom. The molecule has 1 aromatic carbocycles. The number of nitrogens with zero attached hydrogens (tertiary/aromatic N) is 1. The summed E-state index contributed by atoms with van der Waals surface area (Å²) in [5, 5.41) is 4.36. The van der Waals surface area contributed by atoms with Gasteiger partial charge in [-0.05, 0) is 26.0 Å². The maximum Gasteiger partial charge on any atom is 0.222 e. The van der Waals surface area contributed by atoms with Gasteiger partial charge < -0.3 is 19.7 Å². The zero-order valence-electron chi connectivity index (χ0n) is 10.9. The summed E-state index contributed by atoms with van der Waals surface area (Å²) in [5.41, 5.74) is 6.66. The van der Waals surface area contributed by atoms with Crippen LogP contribution in [0.4, 0.5) is 5.88 Å². The lowest BCUT2D eigenvalue weighted by Gasteiger charge is -2.17. The zero-order valence-corrected chi connectivity index (χ0v) is 11.7. The third-order valence-electron chi connectivity index (χ3n) is 2.43. The van der Waals surface area contributed by atoms with E-state index < -0.39 is 0 Å². The van der Waals surface area contributed by atoms with Gasteiger partial charge in [-0.25, -0.2) is 0 Å². The number of ether oxygens (including phenoxy) is 2. The summed E-state index contributed by atoms with van der Waals surface area (Å²) in [5.74, 6) is 1.32. The van der Waals surface area contributed by atoms with Crippen LogP contribution in [0.25, 0.3) is 11.3 Å². The topological polar surface area (TPSA) is 70.5 Å². The van der Waals surface area contributed by atoms with Gasteiger partial charge in [0.05, 0.1) is 23.8 Å². The van der Waals surface area contributed by atoms with Crippen molar-refractivity contribution in [1.29, 1.82) is 0 Å². The normalized spacial score (nSPS) is 10.8. The number of nitrogens with two attached hydrogens (primary N) is 1. The summed E-state index contributed by atoms with van der Waals surface area (Å²) >= 11 is 6.23. The number of hydrogen-bond donors (Lipinski definition) is 1. The first-order valence-electron chi connectivity index (χ1n) is 5.78. The molecule has 1 aromatic heterocycles. The van der Waals surface area contributed by atoms with Crippen LogP contribution in [0.1, 0.15) is 13.8 Å². The predicted molar refractivity (Wildman–Crippen MR) is 73.7 cm³/mol. The predicted octanol–water partition coefficient (Wildman–Crippen LogP) is 3.37. The minimum absolute atomic E-state index is 0.0321. The van der Waals surface area contributed by atoms with E-state index in [9.17, 15) is 0 Å². The molecule has 0 saturated carbocycles. The second-order valence-corrected chi connectivity index (χ2v) is 4.64. The summed E-state index contributed by atoms with van der Waals surface area (Å²) < 4.78 is 16.0. The van der Waals surface area contributed by atoms with Gasteiger partial charge in [0, 0.05) is 6.07 Å². The van der Waals surface area contributed by atoms with Crippen molar-refractivity contribution in [3.63, 3.8) is 0 Å². The molecule has 0 saturated heterocycles. The smallest absolute Gasteiger partial charge is 0.222 e. The summed E-state index contributed by atoms with van der Waals surface area (Å²) in [6.07, 6.45) is -0.0321. The molecule has 1 heterocycles. The fraction of sp³-hybridized carbons (Fsp3) is 0.308. The van der Waals surface area contributed by atoms with E-state index in [-0.39, 0.29) is 12.0 Å². The van der Waals surface area contributed by atoms with E-state index in [4.69, 9.17) is 31.3 Å². The van der Waals surface area contributed by atoms with Crippen LogP contribution in [0.2, 0.25) is 5.02 Å². The molecule has 0 radical (unpaired) electrons. The SMILES string of the molecule is COc1ccc(Cl)c(-c2cc(N)on2)c1OC(C)C. The van der Waals surface area contributed by atoms with Gasteiger partial charge >= 0.3 is 0 Å². The molecule has 0 fully saturated rings. The average molecular weight is 283 g/mol. The van der Waals surface area contributed by atoms with E-state index in [1.165, 1.54) is 0 Å².